The van der Waals surface area contributed by atoms with Crippen molar-refractivity contribution in [3.63, 3.8) is 0 Å². The molecule has 0 aromatic heterocycles. The maximum atomic E-state index is 12.7. The Morgan fingerprint density at radius 3 is 2.00 bits per heavy atom. The number of carbonyl (C=O) groups is 1. The van der Waals surface area contributed by atoms with Crippen molar-refractivity contribution < 1.29 is 56.2 Å². The van der Waals surface area contributed by atoms with Crippen LogP contribution in [0.1, 0.15) is 136 Å². The zero-order valence-electron chi connectivity index (χ0n) is 30.0. The van der Waals surface area contributed by atoms with E-state index in [4.69, 9.17) is 23.5 Å². The molecule has 0 amide bonds. The Hall–Kier alpha value is -1.42. The Kier molecular flexibility index (Phi) is 27.2. The van der Waals surface area contributed by atoms with E-state index in [-0.39, 0.29) is 19.6 Å². The smallest absolute Gasteiger partial charge is 0.397 e. The second-order valence-electron chi connectivity index (χ2n) is 12.8. The van der Waals surface area contributed by atoms with Crippen molar-refractivity contribution in [3.8, 4) is 0 Å². The molecule has 1 saturated heterocycles. The molecule has 49 heavy (non-hydrogen) atoms. The molecule has 1 rings (SSSR count). The van der Waals surface area contributed by atoms with E-state index in [0.29, 0.717) is 13.0 Å². The second kappa shape index (κ2) is 29.2. The van der Waals surface area contributed by atoms with Crippen LogP contribution in [0.15, 0.2) is 24.3 Å². The number of aliphatic hydroxyl groups excluding tert-OH is 3. The number of hydrogen-bond donors (Lipinski definition) is 4. The molecule has 0 bridgehead atoms. The van der Waals surface area contributed by atoms with Gasteiger partial charge in [-0.25, -0.2) is 4.18 Å². The van der Waals surface area contributed by atoms with Gasteiger partial charge in [-0.2, -0.15) is 8.42 Å². The summed E-state index contributed by atoms with van der Waals surface area (Å²) < 4.78 is 58.6. The molecule has 4 N–H and O–H groups in total. The number of hydrogen-bond acceptors (Lipinski definition) is 11. The molecule has 13 heteroatoms. The molecule has 0 aromatic carbocycles. The van der Waals surface area contributed by atoms with E-state index in [1.807, 2.05) is 0 Å². The summed E-state index contributed by atoms with van der Waals surface area (Å²) in [5.41, 5.74) is 0. The van der Waals surface area contributed by atoms with Crippen molar-refractivity contribution in [1.82, 2.24) is 0 Å². The van der Waals surface area contributed by atoms with Gasteiger partial charge >= 0.3 is 16.4 Å². The first kappa shape index (κ1) is 45.6. The van der Waals surface area contributed by atoms with Crippen LogP contribution in [0.2, 0.25) is 0 Å². The molecule has 0 radical (unpaired) electrons. The normalized spacial score (nSPS) is 22.3. The predicted molar refractivity (Wildman–Crippen MR) is 188 cm³/mol. The Morgan fingerprint density at radius 1 is 0.776 bits per heavy atom. The van der Waals surface area contributed by atoms with Crippen molar-refractivity contribution >= 4 is 16.4 Å². The molecular formula is C36H66O12S. The van der Waals surface area contributed by atoms with E-state index in [2.05, 4.69) is 42.3 Å². The number of rotatable bonds is 31. The minimum absolute atomic E-state index is 0.0319. The average Bonchev–Trinajstić information content (AvgIpc) is 3.06. The molecule has 0 spiro atoms. The van der Waals surface area contributed by atoms with Gasteiger partial charge in [0.05, 0.1) is 19.8 Å². The number of unbranched alkanes of at least 4 members (excludes halogenated alkanes) is 14. The highest BCUT2D eigenvalue weighted by Crippen LogP contribution is 2.26. The third kappa shape index (κ3) is 23.6. The van der Waals surface area contributed by atoms with Crippen LogP contribution < -0.4 is 0 Å². The van der Waals surface area contributed by atoms with E-state index >= 15 is 0 Å². The summed E-state index contributed by atoms with van der Waals surface area (Å²) in [6.45, 7) is 3.87. The van der Waals surface area contributed by atoms with Gasteiger partial charge < -0.3 is 34.3 Å². The lowest BCUT2D eigenvalue weighted by Crippen LogP contribution is -2.60. The fourth-order valence-electron chi connectivity index (χ4n) is 5.45. The molecule has 6 atom stereocenters. The van der Waals surface area contributed by atoms with Crippen LogP contribution in [0.3, 0.4) is 0 Å². The quantitative estimate of drug-likeness (QED) is 0.0279. The maximum Gasteiger partial charge on any atom is 0.397 e. The van der Waals surface area contributed by atoms with Gasteiger partial charge in [-0.3, -0.25) is 9.35 Å². The Bertz CT molecular complexity index is 973. The van der Waals surface area contributed by atoms with Gasteiger partial charge in [-0.15, -0.1) is 0 Å². The largest absolute Gasteiger partial charge is 0.457 e. The third-order valence-corrected chi connectivity index (χ3v) is 8.79. The Balaban J connectivity index is 2.52. The number of esters is 1. The minimum atomic E-state index is -5.05. The van der Waals surface area contributed by atoms with Crippen LogP contribution in [-0.4, -0.2) is 97.5 Å². The van der Waals surface area contributed by atoms with E-state index in [9.17, 15) is 28.5 Å². The first-order valence-electron chi connectivity index (χ1n) is 18.6. The van der Waals surface area contributed by atoms with E-state index in [0.717, 1.165) is 64.2 Å². The van der Waals surface area contributed by atoms with Crippen molar-refractivity contribution in [2.75, 3.05) is 26.4 Å². The van der Waals surface area contributed by atoms with E-state index in [1.54, 1.807) is 0 Å². The summed E-state index contributed by atoms with van der Waals surface area (Å²) >= 11 is 0. The number of aliphatic hydroxyl groups is 3. The lowest BCUT2D eigenvalue weighted by Gasteiger charge is -2.41. The van der Waals surface area contributed by atoms with Gasteiger partial charge in [-0.05, 0) is 38.5 Å². The standard InChI is InChI=1S/C36H66O12S/c1-3-5-7-9-11-13-14-15-16-17-18-19-21-23-25-32(38)46-30(28-44-26-24-22-20-12-10-8-6-4-2)29-45-36-34(40)35(48-49(41,42)43)33(39)31(27-37)47-36/h9,11,14-15,30-31,33-37,39-40H,3-8,10,12-13,16-29H2,1-2H3,(H,41,42,43)/b11-9-,15-14-. The SMILES string of the molecule is CCCC/C=C\C/C=C\CCCCCCCC(=O)OC(COCCCCCCCCCC)COC1OC(CO)C(O)C(OS(=O)(=O)O)C1O. The second-order valence-corrected chi connectivity index (χ2v) is 13.9. The van der Waals surface area contributed by atoms with Gasteiger partial charge in [0.2, 0.25) is 0 Å². The molecule has 1 aliphatic heterocycles. The van der Waals surface area contributed by atoms with Crippen LogP contribution in [0.5, 0.6) is 0 Å². The summed E-state index contributed by atoms with van der Waals surface area (Å²) in [6.07, 6.45) is 19.5. The molecule has 6 unspecified atom stereocenters. The summed E-state index contributed by atoms with van der Waals surface area (Å²) in [6, 6.07) is 0. The van der Waals surface area contributed by atoms with Crippen molar-refractivity contribution in [2.45, 2.75) is 173 Å². The van der Waals surface area contributed by atoms with E-state index < -0.39 is 59.8 Å². The number of ether oxygens (including phenoxy) is 4. The van der Waals surface area contributed by atoms with Crippen LogP contribution in [0.25, 0.3) is 0 Å². The van der Waals surface area contributed by atoms with Crippen LogP contribution in [-0.2, 0) is 38.3 Å². The molecular weight excluding hydrogens is 656 g/mol. The highest BCUT2D eigenvalue weighted by molar-refractivity contribution is 7.80. The fraction of sp³-hybridized carbons (Fsp3) is 0.861. The van der Waals surface area contributed by atoms with Gasteiger partial charge in [0.15, 0.2) is 6.29 Å². The summed E-state index contributed by atoms with van der Waals surface area (Å²) in [4.78, 5) is 12.7. The highest BCUT2D eigenvalue weighted by Gasteiger charge is 2.48. The average molecular weight is 723 g/mol. The first-order valence-corrected chi connectivity index (χ1v) is 20.0. The Morgan fingerprint density at radius 2 is 1.37 bits per heavy atom. The van der Waals surface area contributed by atoms with Gasteiger partial charge in [-0.1, -0.05) is 115 Å². The van der Waals surface area contributed by atoms with Gasteiger partial charge in [0.25, 0.3) is 0 Å². The lowest BCUT2D eigenvalue weighted by atomic mass is 9.99. The van der Waals surface area contributed by atoms with Crippen molar-refractivity contribution in [2.24, 2.45) is 0 Å². The fourth-order valence-corrected chi connectivity index (χ4v) is 5.96. The lowest BCUT2D eigenvalue weighted by molar-refractivity contribution is -0.301. The van der Waals surface area contributed by atoms with Crippen molar-refractivity contribution in [3.05, 3.63) is 24.3 Å². The summed E-state index contributed by atoms with van der Waals surface area (Å²) in [7, 11) is -5.05. The predicted octanol–water partition coefficient (Wildman–Crippen LogP) is 6.12. The van der Waals surface area contributed by atoms with Gasteiger partial charge in [0.1, 0.15) is 30.5 Å². The van der Waals surface area contributed by atoms with Crippen LogP contribution >= 0.6 is 0 Å². The minimum Gasteiger partial charge on any atom is -0.457 e. The molecule has 0 aromatic rings. The zero-order chi connectivity index (χ0) is 36.2. The first-order chi connectivity index (χ1) is 23.6. The Labute approximate surface area is 295 Å². The topological polar surface area (TPSA) is 178 Å². The molecule has 0 aliphatic carbocycles. The molecule has 1 aliphatic rings. The molecule has 0 saturated carbocycles. The molecule has 1 heterocycles. The monoisotopic (exact) mass is 722 g/mol. The highest BCUT2D eigenvalue weighted by atomic mass is 32.3. The summed E-state index contributed by atoms with van der Waals surface area (Å²) in [5.74, 6) is -0.416. The number of carbonyl (C=O) groups excluding carboxylic acids is 1. The maximum absolute atomic E-state index is 12.7. The van der Waals surface area contributed by atoms with E-state index in [1.165, 1.54) is 44.9 Å². The molecule has 1 fully saturated rings. The summed E-state index contributed by atoms with van der Waals surface area (Å²) in [5, 5.41) is 30.4. The third-order valence-electron chi connectivity index (χ3n) is 8.33. The number of allylic oxidation sites excluding steroid dienone is 4. The molecule has 12 nitrogen and oxygen atoms in total. The van der Waals surface area contributed by atoms with Crippen LogP contribution in [0.4, 0.5) is 0 Å². The van der Waals surface area contributed by atoms with Crippen LogP contribution in [0, 0.1) is 0 Å². The zero-order valence-corrected chi connectivity index (χ0v) is 30.8. The molecule has 288 valence electrons. The van der Waals surface area contributed by atoms with Gasteiger partial charge in [0, 0.05) is 13.0 Å². The van der Waals surface area contributed by atoms with Crippen molar-refractivity contribution in [1.29, 1.82) is 0 Å².